The lowest BCUT2D eigenvalue weighted by atomic mass is 10.0. The van der Waals surface area contributed by atoms with Crippen molar-refractivity contribution < 1.29 is 13.3 Å². The first-order valence-corrected chi connectivity index (χ1v) is 10.9. The molecule has 4 rings (SSSR count). The van der Waals surface area contributed by atoms with Crippen LogP contribution in [0.5, 0.6) is 5.75 Å². The lowest BCUT2D eigenvalue weighted by molar-refractivity contribution is 0.224. The van der Waals surface area contributed by atoms with Gasteiger partial charge in [-0.25, -0.2) is 18.4 Å². The lowest BCUT2D eigenvalue weighted by Gasteiger charge is -2.21. The number of aromatic nitrogens is 3. The van der Waals surface area contributed by atoms with E-state index in [0.29, 0.717) is 28.1 Å². The highest BCUT2D eigenvalue weighted by molar-refractivity contribution is 7.92. The zero-order valence-electron chi connectivity index (χ0n) is 16.3. The number of nitrogens with zero attached hydrogens (tertiary/aromatic N) is 4. The number of hydrogen-bond acceptors (Lipinski definition) is 7. The van der Waals surface area contributed by atoms with E-state index in [4.69, 9.17) is 15.3 Å². The molecule has 154 valence electrons. The number of fused-ring (bicyclic) bond motifs is 5. The number of nitrogens with one attached hydrogen (secondary N) is 1. The number of pyridine rings is 1. The SMILES string of the molecule is C[C@H]1Oc2cc(cnc2N)-c2c(nn(C)c2C#N)CCS(=N)(=O)c2ccc(F)cc21. The second-order valence-electron chi connectivity index (χ2n) is 7.08. The van der Waals surface area contributed by atoms with Gasteiger partial charge in [0.1, 0.15) is 23.7 Å². The summed E-state index contributed by atoms with van der Waals surface area (Å²) in [5.41, 5.74) is 8.25. The van der Waals surface area contributed by atoms with Crippen LogP contribution in [0, 0.1) is 21.9 Å². The maximum atomic E-state index is 14.0. The second-order valence-corrected chi connectivity index (χ2v) is 9.28. The van der Waals surface area contributed by atoms with Crippen molar-refractivity contribution >= 4 is 15.5 Å². The number of ether oxygens (including phenoxy) is 1. The molecular weight excluding hydrogens is 407 g/mol. The second kappa shape index (κ2) is 7.11. The molecule has 0 fully saturated rings. The average molecular weight is 426 g/mol. The molecule has 1 aliphatic heterocycles. The van der Waals surface area contributed by atoms with Crippen LogP contribution in [0.3, 0.4) is 0 Å². The molecule has 0 amide bonds. The van der Waals surface area contributed by atoms with E-state index in [0.717, 1.165) is 0 Å². The first-order valence-electron chi connectivity index (χ1n) is 9.15. The van der Waals surface area contributed by atoms with Crippen LogP contribution in [0.15, 0.2) is 35.4 Å². The summed E-state index contributed by atoms with van der Waals surface area (Å²) >= 11 is 0. The van der Waals surface area contributed by atoms with Crippen LogP contribution in [-0.4, -0.2) is 24.7 Å². The Kier molecular flexibility index (Phi) is 4.70. The zero-order chi connectivity index (χ0) is 21.6. The predicted octanol–water partition coefficient (Wildman–Crippen LogP) is 3.18. The van der Waals surface area contributed by atoms with Gasteiger partial charge in [0, 0.05) is 42.1 Å². The average Bonchev–Trinajstić information content (AvgIpc) is 3.02. The fourth-order valence-corrected chi connectivity index (χ4v) is 5.21. The Morgan fingerprint density at radius 1 is 1.43 bits per heavy atom. The van der Waals surface area contributed by atoms with E-state index in [1.54, 1.807) is 20.0 Å². The number of anilines is 1. The highest BCUT2D eigenvalue weighted by Crippen LogP contribution is 2.36. The topological polar surface area (TPSA) is 131 Å². The van der Waals surface area contributed by atoms with Crippen molar-refractivity contribution in [2.45, 2.75) is 24.3 Å². The molecule has 1 aliphatic rings. The van der Waals surface area contributed by atoms with E-state index in [1.165, 1.54) is 29.1 Å². The van der Waals surface area contributed by atoms with Crippen molar-refractivity contribution in [3.63, 3.8) is 0 Å². The van der Waals surface area contributed by atoms with Crippen LogP contribution in [0.25, 0.3) is 11.1 Å². The van der Waals surface area contributed by atoms with Crippen LogP contribution in [0.4, 0.5) is 10.2 Å². The molecule has 2 atom stereocenters. The largest absolute Gasteiger partial charge is 0.482 e. The maximum absolute atomic E-state index is 14.0. The number of rotatable bonds is 0. The number of aryl methyl sites for hydroxylation is 2. The quantitative estimate of drug-likeness (QED) is 0.568. The summed E-state index contributed by atoms with van der Waals surface area (Å²) in [5.74, 6) is -0.193. The van der Waals surface area contributed by atoms with Gasteiger partial charge in [0.25, 0.3) is 0 Å². The minimum atomic E-state index is -3.29. The molecule has 3 aromatic rings. The molecule has 0 aliphatic carbocycles. The normalized spacial score (nSPS) is 20.7. The van der Waals surface area contributed by atoms with E-state index in [2.05, 4.69) is 16.2 Å². The van der Waals surface area contributed by atoms with Crippen LogP contribution < -0.4 is 10.5 Å². The van der Waals surface area contributed by atoms with E-state index in [1.807, 2.05) is 0 Å². The number of nitrogens with two attached hydrogens (primary N) is 1. The molecule has 0 radical (unpaired) electrons. The van der Waals surface area contributed by atoms with Gasteiger partial charge in [-0.1, -0.05) is 0 Å². The van der Waals surface area contributed by atoms with Gasteiger partial charge in [-0.2, -0.15) is 10.4 Å². The molecule has 2 aromatic heterocycles. The summed E-state index contributed by atoms with van der Waals surface area (Å²) in [5, 5.41) is 14.0. The Bertz CT molecular complexity index is 1310. The molecule has 10 heteroatoms. The Morgan fingerprint density at radius 3 is 2.93 bits per heavy atom. The fraction of sp³-hybridized carbons (Fsp3) is 0.250. The van der Waals surface area contributed by atoms with Crippen molar-refractivity contribution in [3.8, 4) is 22.9 Å². The Hall–Kier alpha value is -3.45. The molecule has 8 nitrogen and oxygen atoms in total. The van der Waals surface area contributed by atoms with Gasteiger partial charge in [0.15, 0.2) is 11.6 Å². The van der Waals surface area contributed by atoms with Crippen LogP contribution in [0.2, 0.25) is 0 Å². The zero-order valence-corrected chi connectivity index (χ0v) is 17.2. The molecule has 3 heterocycles. The van der Waals surface area contributed by atoms with E-state index in [9.17, 15) is 13.9 Å². The summed E-state index contributed by atoms with van der Waals surface area (Å²) in [6.45, 7) is 1.67. The van der Waals surface area contributed by atoms with Crippen molar-refractivity contribution in [2.75, 3.05) is 11.5 Å². The monoisotopic (exact) mass is 426 g/mol. The summed E-state index contributed by atoms with van der Waals surface area (Å²) in [6, 6.07) is 7.57. The Morgan fingerprint density at radius 2 is 2.20 bits per heavy atom. The summed E-state index contributed by atoms with van der Waals surface area (Å²) in [6.07, 6.45) is 0.981. The van der Waals surface area contributed by atoms with Crippen LogP contribution in [0.1, 0.15) is 30.0 Å². The van der Waals surface area contributed by atoms with Gasteiger partial charge in [-0.15, -0.1) is 0 Å². The standard InChI is InChI=1S/C20H19FN6O2S/c1-11-14-8-13(21)3-4-18(14)30(24,28)6-5-15-19(16(9-22)27(2)26-15)12-7-17(29-11)20(23)25-10-12/h3-4,7-8,10-11,24H,5-6H2,1-2H3,(H2,23,25)/t11-,30?/m1/s1. The minimum absolute atomic E-state index is 0.0392. The number of benzene rings is 1. The van der Waals surface area contributed by atoms with E-state index >= 15 is 0 Å². The third-order valence-corrected chi connectivity index (χ3v) is 6.95. The van der Waals surface area contributed by atoms with Crippen LogP contribution >= 0.6 is 0 Å². The van der Waals surface area contributed by atoms with Gasteiger partial charge in [0.05, 0.1) is 20.3 Å². The van der Waals surface area contributed by atoms with Crippen molar-refractivity contribution in [1.29, 1.82) is 10.0 Å². The molecule has 0 spiro atoms. The smallest absolute Gasteiger partial charge is 0.166 e. The summed E-state index contributed by atoms with van der Waals surface area (Å²) in [7, 11) is -1.65. The first kappa shape index (κ1) is 19.8. The highest BCUT2D eigenvalue weighted by Gasteiger charge is 2.26. The number of nitrogen functional groups attached to an aromatic ring is 1. The molecule has 0 saturated heterocycles. The van der Waals surface area contributed by atoms with Crippen LogP contribution in [-0.2, 0) is 23.2 Å². The van der Waals surface area contributed by atoms with Crippen molar-refractivity contribution in [3.05, 3.63) is 53.2 Å². The third-order valence-electron chi connectivity index (χ3n) is 5.09. The Balaban J connectivity index is 1.99. The van der Waals surface area contributed by atoms with Gasteiger partial charge < -0.3 is 10.5 Å². The molecule has 1 aromatic carbocycles. The Labute approximate surface area is 173 Å². The van der Waals surface area contributed by atoms with Crippen molar-refractivity contribution in [1.82, 2.24) is 14.8 Å². The summed E-state index contributed by atoms with van der Waals surface area (Å²) < 4.78 is 43.2. The number of halogens is 1. The number of nitriles is 1. The molecule has 2 bridgehead atoms. The number of hydrogen-bond donors (Lipinski definition) is 2. The lowest BCUT2D eigenvalue weighted by Crippen LogP contribution is -2.15. The first-order chi connectivity index (χ1) is 14.2. The minimum Gasteiger partial charge on any atom is -0.482 e. The highest BCUT2D eigenvalue weighted by atomic mass is 32.2. The summed E-state index contributed by atoms with van der Waals surface area (Å²) in [4.78, 5) is 4.39. The predicted molar refractivity (Wildman–Crippen MR) is 109 cm³/mol. The fourth-order valence-electron chi connectivity index (χ4n) is 3.61. The van der Waals surface area contributed by atoms with Crippen molar-refractivity contribution in [2.24, 2.45) is 7.05 Å². The van der Waals surface area contributed by atoms with Gasteiger partial charge >= 0.3 is 0 Å². The third kappa shape index (κ3) is 3.27. The van der Waals surface area contributed by atoms with Gasteiger partial charge in [-0.05, 0) is 31.2 Å². The maximum Gasteiger partial charge on any atom is 0.166 e. The van der Waals surface area contributed by atoms with E-state index in [-0.39, 0.29) is 28.6 Å². The van der Waals surface area contributed by atoms with E-state index < -0.39 is 21.7 Å². The molecule has 0 saturated carbocycles. The molecule has 1 unspecified atom stereocenters. The van der Waals surface area contributed by atoms with Gasteiger partial charge in [0.2, 0.25) is 0 Å². The van der Waals surface area contributed by atoms with Gasteiger partial charge in [-0.3, -0.25) is 4.68 Å². The molecule has 30 heavy (non-hydrogen) atoms. The molecular formula is C20H19FN6O2S. The molecule has 3 N–H and O–H groups in total.